The topological polar surface area (TPSA) is 31.2 Å². The Morgan fingerprint density at radius 3 is 2.48 bits per heavy atom. The maximum Gasteiger partial charge on any atom is 0.316 e. The van der Waals surface area contributed by atoms with Crippen LogP contribution in [0.3, 0.4) is 0 Å². The number of halogens is 2. The standard InChI is InChI=1S/C21H23ClFNO2S/c22-17-9-18(23)19(24-11-14-5-1-2-6-15(14)12-24)10-20(17)27-13-21(25)26-16-7-3-4-8-16/h9-12,16H,1-8,13H2. The van der Waals surface area contributed by atoms with Gasteiger partial charge < -0.3 is 9.30 Å². The molecule has 2 aromatic rings. The maximum absolute atomic E-state index is 14.5. The first-order valence-electron chi connectivity index (χ1n) is 9.61. The molecule has 0 N–H and O–H groups in total. The van der Waals surface area contributed by atoms with Crippen molar-refractivity contribution in [3.05, 3.63) is 46.5 Å². The van der Waals surface area contributed by atoms with Gasteiger partial charge in [-0.05, 0) is 74.6 Å². The van der Waals surface area contributed by atoms with Crippen LogP contribution in [-0.2, 0) is 22.4 Å². The van der Waals surface area contributed by atoms with E-state index in [1.807, 2.05) is 17.0 Å². The van der Waals surface area contributed by atoms with Gasteiger partial charge in [-0.15, -0.1) is 11.8 Å². The molecule has 0 spiro atoms. The molecule has 0 amide bonds. The third-order valence-electron chi connectivity index (χ3n) is 5.37. The molecule has 1 fully saturated rings. The molecule has 0 saturated heterocycles. The molecule has 144 valence electrons. The van der Waals surface area contributed by atoms with Crippen molar-refractivity contribution in [1.82, 2.24) is 4.57 Å². The van der Waals surface area contributed by atoms with Crippen LogP contribution in [0.4, 0.5) is 4.39 Å². The summed E-state index contributed by atoms with van der Waals surface area (Å²) in [5.74, 6) is -0.404. The van der Waals surface area contributed by atoms with E-state index >= 15 is 0 Å². The van der Waals surface area contributed by atoms with Gasteiger partial charge in [0.05, 0.1) is 16.5 Å². The number of carbonyl (C=O) groups is 1. The number of carbonyl (C=O) groups excluding carboxylic acids is 1. The maximum atomic E-state index is 14.5. The van der Waals surface area contributed by atoms with Crippen LogP contribution in [0, 0.1) is 5.82 Å². The molecule has 2 aliphatic carbocycles. The molecule has 27 heavy (non-hydrogen) atoms. The molecule has 1 aromatic carbocycles. The minimum absolute atomic E-state index is 0.0588. The van der Waals surface area contributed by atoms with E-state index in [0.717, 1.165) is 38.5 Å². The Labute approximate surface area is 168 Å². The van der Waals surface area contributed by atoms with Gasteiger partial charge >= 0.3 is 5.97 Å². The highest BCUT2D eigenvalue weighted by Crippen LogP contribution is 2.33. The van der Waals surface area contributed by atoms with Gasteiger partial charge in [0.2, 0.25) is 0 Å². The molecule has 4 rings (SSSR count). The Balaban J connectivity index is 1.49. The van der Waals surface area contributed by atoms with Crippen LogP contribution in [0.25, 0.3) is 5.69 Å². The van der Waals surface area contributed by atoms with Crippen molar-refractivity contribution in [3.63, 3.8) is 0 Å². The molecule has 1 aromatic heterocycles. The normalized spacial score (nSPS) is 17.1. The Morgan fingerprint density at radius 2 is 1.81 bits per heavy atom. The lowest BCUT2D eigenvalue weighted by Crippen LogP contribution is -2.16. The van der Waals surface area contributed by atoms with Gasteiger partial charge in [0.15, 0.2) is 0 Å². The van der Waals surface area contributed by atoms with Crippen LogP contribution in [0.5, 0.6) is 0 Å². The zero-order valence-electron chi connectivity index (χ0n) is 15.2. The predicted molar refractivity (Wildman–Crippen MR) is 106 cm³/mol. The second kappa shape index (κ2) is 8.27. The largest absolute Gasteiger partial charge is 0.462 e. The average molecular weight is 408 g/mol. The Kier molecular flexibility index (Phi) is 5.79. The van der Waals surface area contributed by atoms with E-state index < -0.39 is 0 Å². The fourth-order valence-corrected chi connectivity index (χ4v) is 5.00. The molecule has 2 aliphatic rings. The van der Waals surface area contributed by atoms with Crippen molar-refractivity contribution >= 4 is 29.3 Å². The van der Waals surface area contributed by atoms with E-state index in [4.69, 9.17) is 16.3 Å². The summed E-state index contributed by atoms with van der Waals surface area (Å²) >= 11 is 7.53. The molecule has 3 nitrogen and oxygen atoms in total. The van der Waals surface area contributed by atoms with Crippen molar-refractivity contribution in [2.45, 2.75) is 62.4 Å². The number of hydrogen-bond acceptors (Lipinski definition) is 3. The highest BCUT2D eigenvalue weighted by Gasteiger charge is 2.20. The molecule has 0 atom stereocenters. The number of thioether (sulfide) groups is 1. The molecular weight excluding hydrogens is 385 g/mol. The first kappa shape index (κ1) is 18.9. The number of aromatic nitrogens is 1. The molecule has 6 heteroatoms. The number of ether oxygens (including phenoxy) is 1. The predicted octanol–water partition coefficient (Wildman–Crippen LogP) is 5.73. The first-order valence-corrected chi connectivity index (χ1v) is 11.0. The Hall–Kier alpha value is -1.46. The summed E-state index contributed by atoms with van der Waals surface area (Å²) in [4.78, 5) is 12.8. The average Bonchev–Trinajstić information content (AvgIpc) is 3.30. The summed E-state index contributed by atoms with van der Waals surface area (Å²) in [5.41, 5.74) is 3.07. The molecule has 0 aliphatic heterocycles. The van der Waals surface area contributed by atoms with Gasteiger partial charge in [0, 0.05) is 17.3 Å². The van der Waals surface area contributed by atoms with Crippen molar-refractivity contribution in [2.75, 3.05) is 5.75 Å². The van der Waals surface area contributed by atoms with Crippen LogP contribution in [-0.4, -0.2) is 22.4 Å². The molecule has 0 radical (unpaired) electrons. The lowest BCUT2D eigenvalue weighted by Gasteiger charge is -2.12. The van der Waals surface area contributed by atoms with E-state index in [1.165, 1.54) is 41.8 Å². The third kappa shape index (κ3) is 4.35. The minimum Gasteiger partial charge on any atom is -0.462 e. The number of fused-ring (bicyclic) bond motifs is 1. The van der Waals surface area contributed by atoms with Crippen LogP contribution >= 0.6 is 23.4 Å². The van der Waals surface area contributed by atoms with E-state index in [2.05, 4.69) is 0 Å². The van der Waals surface area contributed by atoms with Crippen LogP contribution in [0.15, 0.2) is 29.4 Å². The summed E-state index contributed by atoms with van der Waals surface area (Å²) in [6, 6.07) is 3.07. The van der Waals surface area contributed by atoms with Crippen LogP contribution in [0.2, 0.25) is 5.02 Å². The van der Waals surface area contributed by atoms with Gasteiger partial charge in [-0.2, -0.15) is 0 Å². The monoisotopic (exact) mass is 407 g/mol. The van der Waals surface area contributed by atoms with E-state index in [1.54, 1.807) is 6.07 Å². The van der Waals surface area contributed by atoms with Crippen LogP contribution < -0.4 is 0 Å². The van der Waals surface area contributed by atoms with Crippen LogP contribution in [0.1, 0.15) is 49.7 Å². The smallest absolute Gasteiger partial charge is 0.316 e. The van der Waals surface area contributed by atoms with Gasteiger partial charge in [-0.1, -0.05) is 11.6 Å². The van der Waals surface area contributed by atoms with Gasteiger partial charge in [0.1, 0.15) is 11.9 Å². The number of benzene rings is 1. The zero-order valence-corrected chi connectivity index (χ0v) is 16.8. The molecule has 0 unspecified atom stereocenters. The van der Waals surface area contributed by atoms with Gasteiger partial charge in [0.25, 0.3) is 0 Å². The molecule has 1 saturated carbocycles. The van der Waals surface area contributed by atoms with Gasteiger partial charge in [-0.3, -0.25) is 4.79 Å². The highest BCUT2D eigenvalue weighted by atomic mass is 35.5. The SMILES string of the molecule is O=C(CSc1cc(-n2cc3c(c2)CCCC3)c(F)cc1Cl)OC1CCCC1. The fourth-order valence-electron chi connectivity index (χ4n) is 3.95. The summed E-state index contributed by atoms with van der Waals surface area (Å²) in [6.45, 7) is 0. The zero-order chi connectivity index (χ0) is 18.8. The summed E-state index contributed by atoms with van der Waals surface area (Å²) < 4.78 is 21.9. The third-order valence-corrected chi connectivity index (χ3v) is 6.82. The second-order valence-electron chi connectivity index (χ2n) is 7.34. The minimum atomic E-state index is -0.356. The lowest BCUT2D eigenvalue weighted by molar-refractivity contribution is -0.145. The lowest BCUT2D eigenvalue weighted by atomic mass is 9.96. The number of esters is 1. The molecular formula is C21H23ClFNO2S. The Bertz CT molecular complexity index is 821. The van der Waals surface area contributed by atoms with Gasteiger partial charge in [-0.25, -0.2) is 4.39 Å². The summed E-state index contributed by atoms with van der Waals surface area (Å²) in [6.07, 6.45) is 12.7. The van der Waals surface area contributed by atoms with E-state index in [-0.39, 0.29) is 23.6 Å². The van der Waals surface area contributed by atoms with Crippen molar-refractivity contribution in [2.24, 2.45) is 0 Å². The van der Waals surface area contributed by atoms with Crippen molar-refractivity contribution < 1.29 is 13.9 Å². The summed E-state index contributed by atoms with van der Waals surface area (Å²) in [7, 11) is 0. The van der Waals surface area contributed by atoms with Crippen molar-refractivity contribution in [1.29, 1.82) is 0 Å². The highest BCUT2D eigenvalue weighted by molar-refractivity contribution is 8.00. The summed E-state index contributed by atoms with van der Waals surface area (Å²) in [5, 5.41) is 0.326. The Morgan fingerprint density at radius 1 is 1.15 bits per heavy atom. The first-order chi connectivity index (χ1) is 13.1. The quantitative estimate of drug-likeness (QED) is 0.468. The number of hydrogen-bond donors (Lipinski definition) is 0. The molecule has 0 bridgehead atoms. The second-order valence-corrected chi connectivity index (χ2v) is 8.77. The van der Waals surface area contributed by atoms with E-state index in [9.17, 15) is 9.18 Å². The number of aryl methyl sites for hydroxylation is 2. The molecule has 1 heterocycles. The fraction of sp³-hybridized carbons (Fsp3) is 0.476. The van der Waals surface area contributed by atoms with Crippen molar-refractivity contribution in [3.8, 4) is 5.69 Å². The number of nitrogens with zero attached hydrogens (tertiary/aromatic N) is 1. The van der Waals surface area contributed by atoms with E-state index in [0.29, 0.717) is 15.6 Å². The number of rotatable bonds is 5.